The average Bonchev–Trinajstić information content (AvgIpc) is 2.58. The first-order valence-corrected chi connectivity index (χ1v) is 4.71. The molecule has 0 saturated carbocycles. The van der Waals surface area contributed by atoms with Crippen LogP contribution in [-0.2, 0) is 6.42 Å². The van der Waals surface area contributed by atoms with Gasteiger partial charge < -0.3 is 9.94 Å². The van der Waals surface area contributed by atoms with Gasteiger partial charge in [0.05, 0.1) is 17.8 Å². The molecule has 2 rings (SSSR count). The van der Waals surface area contributed by atoms with Crippen LogP contribution >= 0.6 is 11.6 Å². The second-order valence-electron chi connectivity index (χ2n) is 3.19. The van der Waals surface area contributed by atoms with Gasteiger partial charge in [0.2, 0.25) is 0 Å². The zero-order valence-corrected chi connectivity index (χ0v) is 8.51. The van der Waals surface area contributed by atoms with E-state index in [0.717, 1.165) is 24.0 Å². The quantitative estimate of drug-likeness (QED) is 0.573. The van der Waals surface area contributed by atoms with Crippen LogP contribution in [0.1, 0.15) is 17.5 Å². The molecule has 0 saturated heterocycles. The van der Waals surface area contributed by atoms with Crippen molar-refractivity contribution in [3.8, 4) is 5.75 Å². The molecule has 74 valence electrons. The first-order valence-electron chi connectivity index (χ1n) is 4.34. The van der Waals surface area contributed by atoms with E-state index in [0.29, 0.717) is 16.5 Å². The third-order valence-electron chi connectivity index (χ3n) is 2.44. The first kappa shape index (κ1) is 9.34. The molecule has 0 heterocycles. The zero-order chi connectivity index (χ0) is 10.1. The van der Waals surface area contributed by atoms with Crippen molar-refractivity contribution >= 4 is 17.3 Å². The summed E-state index contributed by atoms with van der Waals surface area (Å²) in [4.78, 5) is 0. The largest absolute Gasteiger partial charge is 0.495 e. The molecule has 1 N–H and O–H groups in total. The van der Waals surface area contributed by atoms with Crippen molar-refractivity contribution in [2.45, 2.75) is 12.8 Å². The monoisotopic (exact) mass is 211 g/mol. The Kier molecular flexibility index (Phi) is 2.33. The summed E-state index contributed by atoms with van der Waals surface area (Å²) in [7, 11) is 1.57. The number of hydrogen-bond acceptors (Lipinski definition) is 3. The van der Waals surface area contributed by atoms with Crippen LogP contribution in [0.25, 0.3) is 0 Å². The van der Waals surface area contributed by atoms with Crippen molar-refractivity contribution < 1.29 is 9.94 Å². The third-order valence-corrected chi connectivity index (χ3v) is 2.74. The van der Waals surface area contributed by atoms with Crippen LogP contribution in [0.5, 0.6) is 5.75 Å². The maximum atomic E-state index is 8.76. The maximum absolute atomic E-state index is 8.76. The van der Waals surface area contributed by atoms with Gasteiger partial charge in [-0.3, -0.25) is 0 Å². The Labute approximate surface area is 86.9 Å². The summed E-state index contributed by atoms with van der Waals surface area (Å²) < 4.78 is 5.09. The minimum absolute atomic E-state index is 0.602. The Morgan fingerprint density at radius 3 is 2.86 bits per heavy atom. The van der Waals surface area contributed by atoms with Crippen molar-refractivity contribution in [3.63, 3.8) is 0 Å². The second kappa shape index (κ2) is 3.50. The molecule has 0 aliphatic heterocycles. The van der Waals surface area contributed by atoms with E-state index >= 15 is 0 Å². The summed E-state index contributed by atoms with van der Waals surface area (Å²) in [6.45, 7) is 0. The van der Waals surface area contributed by atoms with E-state index in [1.54, 1.807) is 7.11 Å². The molecule has 3 nitrogen and oxygen atoms in total. The molecule has 1 aliphatic carbocycles. The Balaban J connectivity index is 2.56. The number of nitrogens with zero attached hydrogens (tertiary/aromatic N) is 1. The number of oxime groups is 1. The van der Waals surface area contributed by atoms with Gasteiger partial charge in [0.25, 0.3) is 0 Å². The van der Waals surface area contributed by atoms with E-state index in [9.17, 15) is 0 Å². The lowest BCUT2D eigenvalue weighted by molar-refractivity contribution is 0.318. The third kappa shape index (κ3) is 1.34. The Bertz CT molecular complexity index is 401. The van der Waals surface area contributed by atoms with Crippen LogP contribution in [0.4, 0.5) is 0 Å². The lowest BCUT2D eigenvalue weighted by Gasteiger charge is -2.06. The number of ether oxygens (including phenoxy) is 1. The van der Waals surface area contributed by atoms with Crippen molar-refractivity contribution in [1.82, 2.24) is 0 Å². The number of benzene rings is 1. The van der Waals surface area contributed by atoms with E-state index in [4.69, 9.17) is 21.5 Å². The summed E-state index contributed by atoms with van der Waals surface area (Å²) in [6.07, 6.45) is 1.63. The van der Waals surface area contributed by atoms with Gasteiger partial charge in [-0.05, 0) is 30.5 Å². The zero-order valence-electron chi connectivity index (χ0n) is 7.75. The number of methoxy groups -OCH3 is 1. The van der Waals surface area contributed by atoms with Crippen LogP contribution in [-0.4, -0.2) is 18.0 Å². The van der Waals surface area contributed by atoms with Crippen LogP contribution in [0.3, 0.4) is 0 Å². The summed E-state index contributed by atoms with van der Waals surface area (Å²) in [5, 5.41) is 12.6. The van der Waals surface area contributed by atoms with Gasteiger partial charge in [-0.15, -0.1) is 0 Å². The van der Waals surface area contributed by atoms with Crippen molar-refractivity contribution in [2.75, 3.05) is 7.11 Å². The second-order valence-corrected chi connectivity index (χ2v) is 3.60. The van der Waals surface area contributed by atoms with E-state index in [1.165, 1.54) is 0 Å². The molecule has 0 fully saturated rings. The molecule has 0 spiro atoms. The fourth-order valence-electron chi connectivity index (χ4n) is 1.72. The summed E-state index contributed by atoms with van der Waals surface area (Å²) in [5.74, 6) is 0.619. The molecular weight excluding hydrogens is 202 g/mol. The Morgan fingerprint density at radius 1 is 1.43 bits per heavy atom. The fourth-order valence-corrected chi connectivity index (χ4v) is 1.98. The molecule has 0 amide bonds. The van der Waals surface area contributed by atoms with Gasteiger partial charge in [-0.25, -0.2) is 0 Å². The van der Waals surface area contributed by atoms with Crippen LogP contribution in [0.15, 0.2) is 17.3 Å². The molecular formula is C10H10ClNO2. The number of fused-ring (bicyclic) bond motifs is 1. The fraction of sp³-hybridized carbons (Fsp3) is 0.300. The van der Waals surface area contributed by atoms with Crippen LogP contribution in [0, 0.1) is 0 Å². The summed E-state index contributed by atoms with van der Waals surface area (Å²) in [5.41, 5.74) is 2.76. The van der Waals surface area contributed by atoms with Gasteiger partial charge in [0.15, 0.2) is 0 Å². The van der Waals surface area contributed by atoms with Gasteiger partial charge in [0.1, 0.15) is 5.75 Å². The minimum atomic E-state index is 0.602. The van der Waals surface area contributed by atoms with Gasteiger partial charge in [0, 0.05) is 5.56 Å². The molecule has 1 aromatic carbocycles. The van der Waals surface area contributed by atoms with Gasteiger partial charge in [-0.2, -0.15) is 0 Å². The summed E-state index contributed by atoms with van der Waals surface area (Å²) >= 11 is 5.97. The predicted octanol–water partition coefficient (Wildman–Crippen LogP) is 2.47. The molecule has 1 aliphatic rings. The highest BCUT2D eigenvalue weighted by Gasteiger charge is 2.20. The minimum Gasteiger partial charge on any atom is -0.495 e. The molecule has 0 aromatic heterocycles. The molecule has 0 radical (unpaired) electrons. The summed E-state index contributed by atoms with van der Waals surface area (Å²) in [6, 6.07) is 3.69. The number of hydrogen-bond donors (Lipinski definition) is 1. The standard InChI is InChI=1S/C10H10ClNO2/c1-14-10-5-7-6(4-8(10)11)2-3-9(7)12-13/h4-5,13H,2-3H2,1H3/b12-9+. The van der Waals surface area contributed by atoms with Crippen LogP contribution in [0.2, 0.25) is 5.02 Å². The smallest absolute Gasteiger partial charge is 0.138 e. The average molecular weight is 212 g/mol. The molecule has 0 unspecified atom stereocenters. The lowest BCUT2D eigenvalue weighted by atomic mass is 10.1. The van der Waals surface area contributed by atoms with E-state index in [-0.39, 0.29) is 0 Å². The van der Waals surface area contributed by atoms with Gasteiger partial charge >= 0.3 is 0 Å². The highest BCUT2D eigenvalue weighted by atomic mass is 35.5. The SMILES string of the molecule is COc1cc2c(cc1Cl)CC/C2=N\O. The van der Waals surface area contributed by atoms with Crippen molar-refractivity contribution in [2.24, 2.45) is 5.16 Å². The molecule has 0 atom stereocenters. The van der Waals surface area contributed by atoms with Crippen molar-refractivity contribution in [3.05, 3.63) is 28.3 Å². The van der Waals surface area contributed by atoms with Crippen molar-refractivity contribution in [1.29, 1.82) is 0 Å². The highest BCUT2D eigenvalue weighted by molar-refractivity contribution is 6.32. The number of aryl methyl sites for hydroxylation is 1. The topological polar surface area (TPSA) is 41.8 Å². The molecule has 1 aromatic rings. The van der Waals surface area contributed by atoms with E-state index in [1.807, 2.05) is 12.1 Å². The number of halogens is 1. The predicted molar refractivity (Wildman–Crippen MR) is 54.6 cm³/mol. The maximum Gasteiger partial charge on any atom is 0.138 e. The lowest BCUT2D eigenvalue weighted by Crippen LogP contribution is -1.95. The molecule has 4 heteroatoms. The Hall–Kier alpha value is -1.22. The normalized spacial score (nSPS) is 17.1. The highest BCUT2D eigenvalue weighted by Crippen LogP contribution is 2.32. The van der Waals surface area contributed by atoms with Gasteiger partial charge in [-0.1, -0.05) is 16.8 Å². The Morgan fingerprint density at radius 2 is 2.21 bits per heavy atom. The first-order chi connectivity index (χ1) is 6.76. The number of rotatable bonds is 1. The van der Waals surface area contributed by atoms with Crippen LogP contribution < -0.4 is 4.74 Å². The molecule has 14 heavy (non-hydrogen) atoms. The van der Waals surface area contributed by atoms with E-state index < -0.39 is 0 Å². The molecule has 0 bridgehead atoms. The van der Waals surface area contributed by atoms with E-state index in [2.05, 4.69) is 5.16 Å².